The Hall–Kier alpha value is -0.570. The molecular formula is C13H26N2O. The van der Waals surface area contributed by atoms with Crippen molar-refractivity contribution >= 4 is 5.91 Å². The van der Waals surface area contributed by atoms with E-state index < -0.39 is 5.54 Å². The van der Waals surface area contributed by atoms with Gasteiger partial charge in [-0.2, -0.15) is 0 Å². The third-order valence-corrected chi connectivity index (χ3v) is 3.85. The van der Waals surface area contributed by atoms with Crippen molar-refractivity contribution in [1.82, 2.24) is 4.90 Å². The van der Waals surface area contributed by atoms with Gasteiger partial charge in [-0.25, -0.2) is 0 Å². The highest BCUT2D eigenvalue weighted by Gasteiger charge is 2.33. The molecule has 1 fully saturated rings. The van der Waals surface area contributed by atoms with Gasteiger partial charge < -0.3 is 10.6 Å². The molecule has 0 spiro atoms. The van der Waals surface area contributed by atoms with Gasteiger partial charge in [0.1, 0.15) is 0 Å². The lowest BCUT2D eigenvalue weighted by Crippen LogP contribution is -2.53. The standard InChI is InChI=1S/C13H26N2O/c1-5-13(4,14)11(16)15-9-6-7-12(2,3)8-10-15/h5-10,14H2,1-4H3. The van der Waals surface area contributed by atoms with Crippen LogP contribution in [-0.4, -0.2) is 29.4 Å². The van der Waals surface area contributed by atoms with E-state index in [1.807, 2.05) is 18.7 Å². The molecule has 1 aliphatic rings. The van der Waals surface area contributed by atoms with Gasteiger partial charge in [0, 0.05) is 13.1 Å². The number of hydrogen-bond acceptors (Lipinski definition) is 2. The van der Waals surface area contributed by atoms with Crippen LogP contribution in [0.25, 0.3) is 0 Å². The molecule has 3 nitrogen and oxygen atoms in total. The van der Waals surface area contributed by atoms with E-state index in [2.05, 4.69) is 13.8 Å². The Kier molecular flexibility index (Phi) is 4.00. The van der Waals surface area contributed by atoms with E-state index >= 15 is 0 Å². The van der Waals surface area contributed by atoms with Crippen molar-refractivity contribution in [1.29, 1.82) is 0 Å². The van der Waals surface area contributed by atoms with Gasteiger partial charge >= 0.3 is 0 Å². The van der Waals surface area contributed by atoms with Gasteiger partial charge in [0.2, 0.25) is 5.91 Å². The summed E-state index contributed by atoms with van der Waals surface area (Å²) >= 11 is 0. The number of nitrogens with zero attached hydrogens (tertiary/aromatic N) is 1. The molecule has 1 heterocycles. The number of carbonyl (C=O) groups excluding carboxylic acids is 1. The van der Waals surface area contributed by atoms with Gasteiger partial charge in [0.25, 0.3) is 0 Å². The van der Waals surface area contributed by atoms with E-state index in [4.69, 9.17) is 5.73 Å². The van der Waals surface area contributed by atoms with Crippen molar-refractivity contribution in [3.63, 3.8) is 0 Å². The van der Waals surface area contributed by atoms with Crippen LogP contribution in [0.5, 0.6) is 0 Å². The number of likely N-dealkylation sites (tertiary alicyclic amines) is 1. The maximum Gasteiger partial charge on any atom is 0.242 e. The van der Waals surface area contributed by atoms with Gasteiger partial charge in [0.15, 0.2) is 0 Å². The molecule has 2 N–H and O–H groups in total. The second kappa shape index (κ2) is 4.74. The summed E-state index contributed by atoms with van der Waals surface area (Å²) in [5.74, 6) is 0.118. The predicted octanol–water partition coefficient (Wildman–Crippen LogP) is 2.15. The minimum Gasteiger partial charge on any atom is -0.341 e. The summed E-state index contributed by atoms with van der Waals surface area (Å²) in [6.07, 6.45) is 4.08. The Morgan fingerprint density at radius 2 is 2.00 bits per heavy atom. The average Bonchev–Trinajstić information content (AvgIpc) is 2.38. The maximum absolute atomic E-state index is 12.2. The monoisotopic (exact) mass is 226 g/mol. The normalized spacial score (nSPS) is 24.7. The number of amides is 1. The molecule has 0 aliphatic carbocycles. The lowest BCUT2D eigenvalue weighted by molar-refractivity contribution is -0.136. The molecule has 94 valence electrons. The molecular weight excluding hydrogens is 200 g/mol. The van der Waals surface area contributed by atoms with Crippen LogP contribution < -0.4 is 5.73 Å². The van der Waals surface area contributed by atoms with E-state index in [1.165, 1.54) is 6.42 Å². The van der Waals surface area contributed by atoms with E-state index in [0.717, 1.165) is 25.9 Å². The number of nitrogens with two attached hydrogens (primary N) is 1. The summed E-state index contributed by atoms with van der Waals surface area (Å²) in [5.41, 5.74) is 5.70. The smallest absolute Gasteiger partial charge is 0.242 e. The minimum absolute atomic E-state index is 0.118. The highest BCUT2D eigenvalue weighted by molar-refractivity contribution is 5.85. The fourth-order valence-corrected chi connectivity index (χ4v) is 2.14. The molecule has 16 heavy (non-hydrogen) atoms. The van der Waals surface area contributed by atoms with E-state index in [-0.39, 0.29) is 5.91 Å². The van der Waals surface area contributed by atoms with Crippen molar-refractivity contribution < 1.29 is 4.79 Å². The zero-order valence-electron chi connectivity index (χ0n) is 11.2. The number of hydrogen-bond donors (Lipinski definition) is 1. The van der Waals surface area contributed by atoms with Gasteiger partial charge in [-0.15, -0.1) is 0 Å². The Morgan fingerprint density at radius 3 is 2.56 bits per heavy atom. The van der Waals surface area contributed by atoms with Crippen LogP contribution in [0.4, 0.5) is 0 Å². The molecule has 0 aromatic rings. The van der Waals surface area contributed by atoms with Crippen molar-refractivity contribution in [2.75, 3.05) is 13.1 Å². The van der Waals surface area contributed by atoms with Crippen LogP contribution in [-0.2, 0) is 4.79 Å². The summed E-state index contributed by atoms with van der Waals surface area (Å²) in [5, 5.41) is 0. The SMILES string of the molecule is CCC(C)(N)C(=O)N1CCCC(C)(C)CC1. The van der Waals surface area contributed by atoms with Crippen LogP contribution in [0.2, 0.25) is 0 Å². The van der Waals surface area contributed by atoms with Gasteiger partial charge in [-0.05, 0) is 38.0 Å². The van der Waals surface area contributed by atoms with Crippen LogP contribution in [0, 0.1) is 5.41 Å². The third-order valence-electron chi connectivity index (χ3n) is 3.85. The van der Waals surface area contributed by atoms with Crippen molar-refractivity contribution in [2.24, 2.45) is 11.1 Å². The Labute approximate surface area is 99.4 Å². The van der Waals surface area contributed by atoms with Crippen LogP contribution >= 0.6 is 0 Å². The minimum atomic E-state index is -0.686. The first-order valence-electron chi connectivity index (χ1n) is 6.37. The first-order valence-corrected chi connectivity index (χ1v) is 6.37. The Balaban J connectivity index is 2.65. The molecule has 1 amide bonds. The molecule has 0 aromatic carbocycles. The second-order valence-corrected chi connectivity index (χ2v) is 6.08. The quantitative estimate of drug-likeness (QED) is 0.784. The lowest BCUT2D eigenvalue weighted by Gasteiger charge is -2.30. The van der Waals surface area contributed by atoms with Crippen LogP contribution in [0.15, 0.2) is 0 Å². The highest BCUT2D eigenvalue weighted by atomic mass is 16.2. The predicted molar refractivity (Wildman–Crippen MR) is 67.1 cm³/mol. The van der Waals surface area contributed by atoms with E-state index in [0.29, 0.717) is 11.8 Å². The van der Waals surface area contributed by atoms with E-state index in [9.17, 15) is 4.79 Å². The summed E-state index contributed by atoms with van der Waals surface area (Å²) < 4.78 is 0. The van der Waals surface area contributed by atoms with E-state index in [1.54, 1.807) is 0 Å². The largest absolute Gasteiger partial charge is 0.341 e. The topological polar surface area (TPSA) is 46.3 Å². The lowest BCUT2D eigenvalue weighted by atomic mass is 9.85. The van der Waals surface area contributed by atoms with Crippen molar-refractivity contribution in [3.05, 3.63) is 0 Å². The number of rotatable bonds is 2. The Bertz CT molecular complexity index is 259. The second-order valence-electron chi connectivity index (χ2n) is 6.08. The molecule has 1 rings (SSSR count). The first kappa shape index (κ1) is 13.5. The van der Waals surface area contributed by atoms with Gasteiger partial charge in [-0.3, -0.25) is 4.79 Å². The number of carbonyl (C=O) groups is 1. The molecule has 1 unspecified atom stereocenters. The first-order chi connectivity index (χ1) is 7.28. The molecule has 0 bridgehead atoms. The highest BCUT2D eigenvalue weighted by Crippen LogP contribution is 2.30. The van der Waals surface area contributed by atoms with Crippen LogP contribution in [0.1, 0.15) is 53.4 Å². The van der Waals surface area contributed by atoms with Gasteiger partial charge in [-0.1, -0.05) is 20.8 Å². The third kappa shape index (κ3) is 3.21. The summed E-state index contributed by atoms with van der Waals surface area (Å²) in [4.78, 5) is 14.2. The summed E-state index contributed by atoms with van der Waals surface area (Å²) in [6.45, 7) is 10.1. The molecule has 1 atom stereocenters. The zero-order valence-corrected chi connectivity index (χ0v) is 11.2. The fraction of sp³-hybridized carbons (Fsp3) is 0.923. The molecule has 1 saturated heterocycles. The summed E-state index contributed by atoms with van der Waals surface area (Å²) in [7, 11) is 0. The average molecular weight is 226 g/mol. The maximum atomic E-state index is 12.2. The van der Waals surface area contributed by atoms with Gasteiger partial charge in [0.05, 0.1) is 5.54 Å². The Morgan fingerprint density at radius 1 is 1.38 bits per heavy atom. The molecule has 0 aromatic heterocycles. The van der Waals surface area contributed by atoms with Crippen LogP contribution in [0.3, 0.4) is 0 Å². The summed E-state index contributed by atoms with van der Waals surface area (Å²) in [6, 6.07) is 0. The molecule has 0 radical (unpaired) electrons. The van der Waals surface area contributed by atoms with Crippen molar-refractivity contribution in [2.45, 2.75) is 58.9 Å². The molecule has 1 aliphatic heterocycles. The van der Waals surface area contributed by atoms with Crippen molar-refractivity contribution in [3.8, 4) is 0 Å². The zero-order chi connectivity index (χ0) is 12.4. The molecule has 0 saturated carbocycles. The molecule has 3 heteroatoms. The fourth-order valence-electron chi connectivity index (χ4n) is 2.14.